The maximum absolute atomic E-state index is 9.09. The second-order valence-electron chi connectivity index (χ2n) is 4.34. The van der Waals surface area contributed by atoms with E-state index in [4.69, 9.17) is 5.11 Å². The molecule has 0 bridgehead atoms. The first-order valence-electron chi connectivity index (χ1n) is 5.80. The first-order valence-corrected chi connectivity index (χ1v) is 5.80. The van der Waals surface area contributed by atoms with E-state index in [0.717, 1.165) is 12.5 Å². The summed E-state index contributed by atoms with van der Waals surface area (Å²) in [6.45, 7) is 5.92. The molecule has 0 spiro atoms. The molecule has 0 aliphatic carbocycles. The molecule has 0 radical (unpaired) electrons. The number of likely N-dealkylation sites (tertiary alicyclic amines) is 1. The fourth-order valence-electron chi connectivity index (χ4n) is 2.20. The SMILES string of the molecule is CCC1CCCN(CC(CO)NC)C1. The first-order chi connectivity index (χ1) is 6.80. The summed E-state index contributed by atoms with van der Waals surface area (Å²) in [5.74, 6) is 0.875. The van der Waals surface area contributed by atoms with Crippen LogP contribution in [-0.4, -0.2) is 49.3 Å². The minimum Gasteiger partial charge on any atom is -0.395 e. The van der Waals surface area contributed by atoms with E-state index in [-0.39, 0.29) is 12.6 Å². The van der Waals surface area contributed by atoms with Gasteiger partial charge in [0.25, 0.3) is 0 Å². The Balaban J connectivity index is 2.29. The third-order valence-corrected chi connectivity index (χ3v) is 3.29. The Hall–Kier alpha value is -0.120. The minimum atomic E-state index is 0.240. The summed E-state index contributed by atoms with van der Waals surface area (Å²) in [6, 6.07) is 0.241. The lowest BCUT2D eigenvalue weighted by atomic mass is 9.95. The predicted octanol–water partition coefficient (Wildman–Crippen LogP) is 0.689. The molecule has 3 heteroatoms. The van der Waals surface area contributed by atoms with Crippen molar-refractivity contribution in [2.75, 3.05) is 33.3 Å². The van der Waals surface area contributed by atoms with Crippen molar-refractivity contribution in [3.63, 3.8) is 0 Å². The summed E-state index contributed by atoms with van der Waals surface area (Å²) in [4.78, 5) is 2.48. The highest BCUT2D eigenvalue weighted by Gasteiger charge is 2.20. The quantitative estimate of drug-likeness (QED) is 0.685. The smallest absolute Gasteiger partial charge is 0.0597 e. The van der Waals surface area contributed by atoms with Crippen molar-refractivity contribution in [2.24, 2.45) is 5.92 Å². The number of nitrogens with one attached hydrogen (secondary N) is 1. The highest BCUT2D eigenvalue weighted by Crippen LogP contribution is 2.18. The molecule has 0 amide bonds. The van der Waals surface area contributed by atoms with Gasteiger partial charge in [0.2, 0.25) is 0 Å². The normalized spacial score (nSPS) is 26.4. The summed E-state index contributed by atoms with van der Waals surface area (Å²) in [5.41, 5.74) is 0. The molecule has 1 heterocycles. The number of nitrogens with zero attached hydrogens (tertiary/aromatic N) is 1. The van der Waals surface area contributed by atoms with Gasteiger partial charge in [0.1, 0.15) is 0 Å². The Morgan fingerprint density at radius 2 is 2.36 bits per heavy atom. The molecule has 1 aliphatic heterocycles. The van der Waals surface area contributed by atoms with Gasteiger partial charge in [-0.3, -0.25) is 0 Å². The summed E-state index contributed by atoms with van der Waals surface area (Å²) in [7, 11) is 1.92. The highest BCUT2D eigenvalue weighted by atomic mass is 16.3. The van der Waals surface area contributed by atoms with Crippen LogP contribution in [0.5, 0.6) is 0 Å². The molecule has 1 fully saturated rings. The number of aliphatic hydroxyl groups is 1. The summed E-state index contributed by atoms with van der Waals surface area (Å²) < 4.78 is 0. The van der Waals surface area contributed by atoms with Crippen LogP contribution in [0, 0.1) is 5.92 Å². The van der Waals surface area contributed by atoms with Crippen molar-refractivity contribution in [3.05, 3.63) is 0 Å². The zero-order valence-corrected chi connectivity index (χ0v) is 9.50. The molecule has 14 heavy (non-hydrogen) atoms. The second-order valence-corrected chi connectivity index (χ2v) is 4.34. The second kappa shape index (κ2) is 6.38. The fraction of sp³-hybridized carbons (Fsp3) is 1.00. The standard InChI is InChI=1S/C11H24N2O/c1-3-10-5-4-6-13(7-10)8-11(9-14)12-2/h10-12,14H,3-9H2,1-2H3. The minimum absolute atomic E-state index is 0.240. The predicted molar refractivity (Wildman–Crippen MR) is 59.4 cm³/mol. The van der Waals surface area contributed by atoms with Crippen LogP contribution in [0.25, 0.3) is 0 Å². The van der Waals surface area contributed by atoms with E-state index in [1.807, 2.05) is 7.05 Å². The van der Waals surface area contributed by atoms with Crippen molar-refractivity contribution < 1.29 is 5.11 Å². The fourth-order valence-corrected chi connectivity index (χ4v) is 2.20. The number of hydrogen-bond acceptors (Lipinski definition) is 3. The molecule has 1 aliphatic rings. The lowest BCUT2D eigenvalue weighted by Crippen LogP contribution is -2.45. The van der Waals surface area contributed by atoms with E-state index in [2.05, 4.69) is 17.1 Å². The molecule has 0 aromatic carbocycles. The Bertz CT molecular complexity index is 148. The molecular formula is C11H24N2O. The van der Waals surface area contributed by atoms with Crippen molar-refractivity contribution in [2.45, 2.75) is 32.2 Å². The van der Waals surface area contributed by atoms with Gasteiger partial charge in [-0.15, -0.1) is 0 Å². The van der Waals surface area contributed by atoms with E-state index in [1.165, 1.54) is 32.4 Å². The average Bonchev–Trinajstić information content (AvgIpc) is 2.26. The van der Waals surface area contributed by atoms with Crippen molar-refractivity contribution in [1.29, 1.82) is 0 Å². The molecule has 0 saturated carbocycles. The molecule has 3 nitrogen and oxygen atoms in total. The van der Waals surface area contributed by atoms with Crippen LogP contribution in [0.15, 0.2) is 0 Å². The van der Waals surface area contributed by atoms with Crippen molar-refractivity contribution in [1.82, 2.24) is 10.2 Å². The topological polar surface area (TPSA) is 35.5 Å². The van der Waals surface area contributed by atoms with Crippen LogP contribution >= 0.6 is 0 Å². The molecule has 0 aromatic rings. The van der Waals surface area contributed by atoms with Gasteiger partial charge in [-0.1, -0.05) is 13.3 Å². The monoisotopic (exact) mass is 200 g/mol. The van der Waals surface area contributed by atoms with Crippen LogP contribution in [-0.2, 0) is 0 Å². The molecule has 2 N–H and O–H groups in total. The molecular weight excluding hydrogens is 176 g/mol. The Morgan fingerprint density at radius 3 is 2.93 bits per heavy atom. The van der Waals surface area contributed by atoms with E-state index in [1.54, 1.807) is 0 Å². The Morgan fingerprint density at radius 1 is 1.57 bits per heavy atom. The number of rotatable bonds is 5. The van der Waals surface area contributed by atoms with Crippen LogP contribution in [0.4, 0.5) is 0 Å². The van der Waals surface area contributed by atoms with Crippen LogP contribution < -0.4 is 5.32 Å². The van der Waals surface area contributed by atoms with E-state index in [9.17, 15) is 0 Å². The lowest BCUT2D eigenvalue weighted by Gasteiger charge is -2.34. The number of hydrogen-bond donors (Lipinski definition) is 2. The number of aliphatic hydroxyl groups excluding tert-OH is 1. The average molecular weight is 200 g/mol. The van der Waals surface area contributed by atoms with Gasteiger partial charge in [0.05, 0.1) is 6.61 Å². The highest BCUT2D eigenvalue weighted by molar-refractivity contribution is 4.76. The van der Waals surface area contributed by atoms with Gasteiger partial charge in [0.15, 0.2) is 0 Å². The third kappa shape index (κ3) is 3.56. The maximum Gasteiger partial charge on any atom is 0.0597 e. The molecule has 2 atom stereocenters. The Labute approximate surface area is 87.5 Å². The van der Waals surface area contributed by atoms with Crippen molar-refractivity contribution in [3.8, 4) is 0 Å². The molecule has 0 aromatic heterocycles. The maximum atomic E-state index is 9.09. The molecule has 2 unspecified atom stereocenters. The molecule has 1 rings (SSSR count). The van der Waals surface area contributed by atoms with Crippen LogP contribution in [0.1, 0.15) is 26.2 Å². The van der Waals surface area contributed by atoms with Gasteiger partial charge < -0.3 is 15.3 Å². The molecule has 1 saturated heterocycles. The zero-order valence-electron chi connectivity index (χ0n) is 9.50. The summed E-state index contributed by atoms with van der Waals surface area (Å²) >= 11 is 0. The summed E-state index contributed by atoms with van der Waals surface area (Å²) in [5, 5.41) is 12.2. The van der Waals surface area contributed by atoms with Gasteiger partial charge in [-0.05, 0) is 32.4 Å². The number of likely N-dealkylation sites (N-methyl/N-ethyl adjacent to an activating group) is 1. The first kappa shape index (κ1) is 12.0. The van der Waals surface area contributed by atoms with Gasteiger partial charge in [-0.2, -0.15) is 0 Å². The largest absolute Gasteiger partial charge is 0.395 e. The molecule has 84 valence electrons. The van der Waals surface area contributed by atoms with Gasteiger partial charge >= 0.3 is 0 Å². The van der Waals surface area contributed by atoms with Crippen LogP contribution in [0.3, 0.4) is 0 Å². The Kier molecular flexibility index (Phi) is 5.45. The lowest BCUT2D eigenvalue weighted by molar-refractivity contribution is 0.136. The van der Waals surface area contributed by atoms with Crippen molar-refractivity contribution >= 4 is 0 Å². The zero-order chi connectivity index (χ0) is 10.4. The van der Waals surface area contributed by atoms with E-state index >= 15 is 0 Å². The van der Waals surface area contributed by atoms with E-state index in [0.29, 0.717) is 0 Å². The van der Waals surface area contributed by atoms with Gasteiger partial charge in [0, 0.05) is 19.1 Å². The third-order valence-electron chi connectivity index (χ3n) is 3.29. The van der Waals surface area contributed by atoms with Crippen LogP contribution in [0.2, 0.25) is 0 Å². The van der Waals surface area contributed by atoms with E-state index < -0.39 is 0 Å². The van der Waals surface area contributed by atoms with Gasteiger partial charge in [-0.25, -0.2) is 0 Å². The number of piperidine rings is 1. The summed E-state index contributed by atoms with van der Waals surface area (Å²) in [6.07, 6.45) is 4.00.